The second-order valence-corrected chi connectivity index (χ2v) is 7.41. The molecule has 21 heavy (non-hydrogen) atoms. The van der Waals surface area contributed by atoms with E-state index in [9.17, 15) is 9.90 Å². The zero-order valence-corrected chi connectivity index (χ0v) is 13.3. The maximum Gasteiger partial charge on any atom is 0.320 e. The first kappa shape index (κ1) is 15.3. The minimum atomic E-state index is -0.615. The van der Waals surface area contributed by atoms with E-state index in [1.165, 1.54) is 38.8 Å². The number of carboxylic acid groups (broad SMARTS) is 1. The van der Waals surface area contributed by atoms with Crippen LogP contribution in [0.25, 0.3) is 0 Å². The number of piperidine rings is 1. The van der Waals surface area contributed by atoms with Crippen LogP contribution in [0, 0.1) is 5.92 Å². The quantitative estimate of drug-likeness (QED) is 0.869. The summed E-state index contributed by atoms with van der Waals surface area (Å²) in [5, 5.41) is 9.34. The van der Waals surface area contributed by atoms with Crippen molar-refractivity contribution in [1.82, 2.24) is 9.80 Å². The Balaban J connectivity index is 1.50. The van der Waals surface area contributed by atoms with E-state index < -0.39 is 5.97 Å². The average Bonchev–Trinajstić information content (AvgIpc) is 2.98. The van der Waals surface area contributed by atoms with Crippen LogP contribution in [-0.4, -0.2) is 58.6 Å². The first-order chi connectivity index (χ1) is 10.1. The third-order valence-corrected chi connectivity index (χ3v) is 6.05. The van der Waals surface area contributed by atoms with Gasteiger partial charge in [-0.2, -0.15) is 0 Å². The van der Waals surface area contributed by atoms with E-state index in [2.05, 4.69) is 16.7 Å². The minimum Gasteiger partial charge on any atom is -0.480 e. The van der Waals surface area contributed by atoms with E-state index in [4.69, 9.17) is 0 Å². The van der Waals surface area contributed by atoms with Crippen molar-refractivity contribution < 1.29 is 9.90 Å². The molecule has 0 aromatic heterocycles. The van der Waals surface area contributed by atoms with Gasteiger partial charge in [0.2, 0.25) is 0 Å². The Morgan fingerprint density at radius 1 is 0.905 bits per heavy atom. The number of nitrogens with zero attached hydrogens (tertiary/aromatic N) is 2. The molecular weight excluding hydrogens is 264 g/mol. The highest BCUT2D eigenvalue weighted by molar-refractivity contribution is 5.73. The largest absolute Gasteiger partial charge is 0.480 e. The molecule has 3 aliphatic rings. The number of likely N-dealkylation sites (tertiary alicyclic amines) is 2. The van der Waals surface area contributed by atoms with Crippen LogP contribution in [0.5, 0.6) is 0 Å². The lowest BCUT2D eigenvalue weighted by atomic mass is 9.85. The van der Waals surface area contributed by atoms with Crippen LogP contribution < -0.4 is 0 Å². The van der Waals surface area contributed by atoms with Crippen molar-refractivity contribution in [3.05, 3.63) is 0 Å². The van der Waals surface area contributed by atoms with Crippen LogP contribution in [0.1, 0.15) is 58.3 Å². The van der Waals surface area contributed by atoms with Crippen molar-refractivity contribution in [1.29, 1.82) is 0 Å². The van der Waals surface area contributed by atoms with Crippen LogP contribution in [0.15, 0.2) is 0 Å². The zero-order chi connectivity index (χ0) is 14.8. The van der Waals surface area contributed by atoms with Crippen molar-refractivity contribution >= 4 is 5.97 Å². The molecule has 3 fully saturated rings. The van der Waals surface area contributed by atoms with Gasteiger partial charge in [0.05, 0.1) is 0 Å². The van der Waals surface area contributed by atoms with Gasteiger partial charge in [0.25, 0.3) is 0 Å². The lowest BCUT2D eigenvalue weighted by Crippen LogP contribution is -2.51. The Morgan fingerprint density at radius 3 is 2.19 bits per heavy atom. The van der Waals surface area contributed by atoms with Gasteiger partial charge in [0, 0.05) is 12.1 Å². The fourth-order valence-corrected chi connectivity index (χ4v) is 4.68. The van der Waals surface area contributed by atoms with Crippen LogP contribution in [0.4, 0.5) is 0 Å². The van der Waals surface area contributed by atoms with E-state index in [0.29, 0.717) is 6.04 Å². The van der Waals surface area contributed by atoms with Gasteiger partial charge >= 0.3 is 5.97 Å². The van der Waals surface area contributed by atoms with E-state index in [-0.39, 0.29) is 6.04 Å². The summed E-state index contributed by atoms with van der Waals surface area (Å²) in [6, 6.07) is 1.10. The molecule has 120 valence electrons. The normalized spacial score (nSPS) is 36.9. The van der Waals surface area contributed by atoms with E-state index in [1.807, 2.05) is 0 Å². The zero-order valence-electron chi connectivity index (χ0n) is 13.3. The number of hydrogen-bond donors (Lipinski definition) is 1. The molecule has 1 N–H and O–H groups in total. The summed E-state index contributed by atoms with van der Waals surface area (Å²) in [5.74, 6) is 0.302. The fraction of sp³-hybridized carbons (Fsp3) is 0.941. The molecule has 0 aromatic rings. The summed E-state index contributed by atoms with van der Waals surface area (Å²) in [7, 11) is 0. The Labute approximate surface area is 128 Å². The van der Waals surface area contributed by atoms with Gasteiger partial charge in [0.1, 0.15) is 6.04 Å². The topological polar surface area (TPSA) is 43.8 Å². The van der Waals surface area contributed by atoms with Crippen LogP contribution in [0.2, 0.25) is 0 Å². The molecule has 4 heteroatoms. The molecule has 0 spiro atoms. The maximum absolute atomic E-state index is 11.3. The van der Waals surface area contributed by atoms with Crippen molar-refractivity contribution in [3.8, 4) is 0 Å². The van der Waals surface area contributed by atoms with E-state index >= 15 is 0 Å². The predicted molar refractivity (Wildman–Crippen MR) is 83.4 cm³/mol. The van der Waals surface area contributed by atoms with Crippen molar-refractivity contribution in [3.63, 3.8) is 0 Å². The highest BCUT2D eigenvalue weighted by Crippen LogP contribution is 2.31. The van der Waals surface area contributed by atoms with Crippen LogP contribution >= 0.6 is 0 Å². The summed E-state index contributed by atoms with van der Waals surface area (Å²) in [4.78, 5) is 16.3. The molecule has 0 aromatic carbocycles. The van der Waals surface area contributed by atoms with Crippen molar-refractivity contribution in [2.24, 2.45) is 5.92 Å². The summed E-state index contributed by atoms with van der Waals surface area (Å²) in [5.41, 5.74) is 0. The molecule has 1 atom stereocenters. The lowest BCUT2D eigenvalue weighted by Gasteiger charge is -2.43. The molecule has 1 aliphatic carbocycles. The molecule has 3 rings (SSSR count). The fourth-order valence-electron chi connectivity index (χ4n) is 4.68. The SMILES string of the molecule is CC1CCC(N2CCC(N3CCCC3C(=O)O)CC2)CC1. The molecule has 0 amide bonds. The monoisotopic (exact) mass is 294 g/mol. The van der Waals surface area contributed by atoms with Gasteiger partial charge in [-0.05, 0) is 76.9 Å². The number of aliphatic carboxylic acids is 1. The molecule has 4 nitrogen and oxygen atoms in total. The van der Waals surface area contributed by atoms with Crippen LogP contribution in [0.3, 0.4) is 0 Å². The summed E-state index contributed by atoms with van der Waals surface area (Å²) in [6.45, 7) is 5.71. The van der Waals surface area contributed by atoms with Gasteiger partial charge in [-0.1, -0.05) is 6.92 Å². The van der Waals surface area contributed by atoms with Gasteiger partial charge < -0.3 is 10.0 Å². The molecular formula is C17H30N2O2. The molecule has 2 saturated heterocycles. The van der Waals surface area contributed by atoms with E-state index in [0.717, 1.165) is 44.2 Å². The number of rotatable bonds is 3. The minimum absolute atomic E-state index is 0.211. The first-order valence-corrected chi connectivity index (χ1v) is 8.87. The standard InChI is InChI=1S/C17H30N2O2/c1-13-4-6-14(7-5-13)18-11-8-15(9-12-18)19-10-2-3-16(19)17(20)21/h13-16H,2-12H2,1H3,(H,20,21). The lowest BCUT2D eigenvalue weighted by molar-refractivity contribution is -0.143. The van der Waals surface area contributed by atoms with Crippen molar-refractivity contribution in [2.45, 2.75) is 76.4 Å². The van der Waals surface area contributed by atoms with Gasteiger partial charge in [-0.15, -0.1) is 0 Å². The molecule has 2 aliphatic heterocycles. The van der Waals surface area contributed by atoms with Gasteiger partial charge in [-0.3, -0.25) is 9.69 Å². The first-order valence-electron chi connectivity index (χ1n) is 8.87. The third kappa shape index (κ3) is 3.42. The van der Waals surface area contributed by atoms with Crippen LogP contribution in [-0.2, 0) is 4.79 Å². The van der Waals surface area contributed by atoms with Gasteiger partial charge in [0.15, 0.2) is 0 Å². The summed E-state index contributed by atoms with van der Waals surface area (Å²) < 4.78 is 0. The molecule has 1 unspecified atom stereocenters. The Morgan fingerprint density at radius 2 is 1.57 bits per heavy atom. The molecule has 0 bridgehead atoms. The predicted octanol–water partition coefficient (Wildman–Crippen LogP) is 2.58. The van der Waals surface area contributed by atoms with Crippen molar-refractivity contribution in [2.75, 3.05) is 19.6 Å². The summed E-state index contributed by atoms with van der Waals surface area (Å²) >= 11 is 0. The number of carbonyl (C=O) groups is 1. The third-order valence-electron chi connectivity index (χ3n) is 6.05. The van der Waals surface area contributed by atoms with Gasteiger partial charge in [-0.25, -0.2) is 0 Å². The Kier molecular flexibility index (Phi) is 4.85. The molecule has 2 heterocycles. The average molecular weight is 294 g/mol. The highest BCUT2D eigenvalue weighted by atomic mass is 16.4. The number of hydrogen-bond acceptors (Lipinski definition) is 3. The maximum atomic E-state index is 11.3. The Hall–Kier alpha value is -0.610. The summed E-state index contributed by atoms with van der Waals surface area (Å²) in [6.07, 6.45) is 9.73. The number of carboxylic acids is 1. The smallest absolute Gasteiger partial charge is 0.320 e. The molecule has 1 saturated carbocycles. The second-order valence-electron chi connectivity index (χ2n) is 7.41. The molecule has 0 radical (unpaired) electrons. The Bertz CT molecular complexity index is 358. The van der Waals surface area contributed by atoms with E-state index in [1.54, 1.807) is 0 Å². The highest BCUT2D eigenvalue weighted by Gasteiger charge is 2.37. The second kappa shape index (κ2) is 6.66.